The van der Waals surface area contributed by atoms with Crippen molar-refractivity contribution < 1.29 is 9.30 Å². The molecule has 4 rings (SSSR count). The molecular formula is C24H25O2PSe2. The predicted octanol–water partition coefficient (Wildman–Crippen LogP) is 3.60. The number of benzene rings is 3. The van der Waals surface area contributed by atoms with Crippen LogP contribution in [-0.2, 0) is 19.9 Å². The maximum absolute atomic E-state index is 15.1. The Hall–Kier alpha value is -1.11. The molecule has 29 heavy (non-hydrogen) atoms. The first-order valence-corrected chi connectivity index (χ1v) is 16.4. The summed E-state index contributed by atoms with van der Waals surface area (Å²) in [5, 5.41) is 7.19. The van der Waals surface area contributed by atoms with Crippen LogP contribution >= 0.6 is 7.14 Å². The molecule has 150 valence electrons. The molecule has 1 heterocycles. The Balaban J connectivity index is 1.92. The van der Waals surface area contributed by atoms with Crippen LogP contribution in [0.3, 0.4) is 0 Å². The molecular weight excluding hydrogens is 509 g/mol. The van der Waals surface area contributed by atoms with Crippen molar-refractivity contribution in [1.29, 1.82) is 0 Å². The Labute approximate surface area is 186 Å². The molecule has 0 radical (unpaired) electrons. The Bertz CT molecular complexity index is 933. The van der Waals surface area contributed by atoms with Gasteiger partial charge in [0.05, 0.1) is 0 Å². The average Bonchev–Trinajstić information content (AvgIpc) is 2.78. The quantitative estimate of drug-likeness (QED) is 0.353. The van der Waals surface area contributed by atoms with Crippen molar-refractivity contribution in [2.45, 2.75) is 21.3 Å². The fraction of sp³-hybridized carbons (Fsp3) is 0.250. The zero-order chi connectivity index (χ0) is 19.9. The summed E-state index contributed by atoms with van der Waals surface area (Å²) in [6.45, 7) is 1.70. The van der Waals surface area contributed by atoms with E-state index in [0.29, 0.717) is 29.9 Å². The third-order valence-corrected chi connectivity index (χ3v) is 12.4. The summed E-state index contributed by atoms with van der Waals surface area (Å²) in [5.74, 6) is 0. The van der Waals surface area contributed by atoms with E-state index < -0.39 is 7.14 Å². The van der Waals surface area contributed by atoms with Gasteiger partial charge in [-0.1, -0.05) is 0 Å². The predicted molar refractivity (Wildman–Crippen MR) is 125 cm³/mol. The number of rotatable bonds is 1. The van der Waals surface area contributed by atoms with Crippen molar-refractivity contribution in [3.63, 3.8) is 0 Å². The normalized spacial score (nSPS) is 17.5. The second kappa shape index (κ2) is 10.3. The fourth-order valence-electron chi connectivity index (χ4n) is 3.63. The van der Waals surface area contributed by atoms with Crippen LogP contribution in [0.5, 0.6) is 0 Å². The maximum atomic E-state index is 15.1. The van der Waals surface area contributed by atoms with Crippen molar-refractivity contribution in [3.05, 3.63) is 90.0 Å². The van der Waals surface area contributed by atoms with Crippen molar-refractivity contribution >= 4 is 53.0 Å². The van der Waals surface area contributed by atoms with Gasteiger partial charge in [0.1, 0.15) is 0 Å². The van der Waals surface area contributed by atoms with Crippen molar-refractivity contribution in [2.24, 2.45) is 0 Å². The number of hydrogen-bond donors (Lipinski definition) is 0. The summed E-state index contributed by atoms with van der Waals surface area (Å²) < 4.78 is 20.9. The molecule has 3 aromatic rings. The first-order chi connectivity index (χ1) is 14.3. The average molecular weight is 534 g/mol. The number of ether oxygens (including phenoxy) is 1. The Morgan fingerprint density at radius 1 is 0.655 bits per heavy atom. The molecule has 0 saturated heterocycles. The van der Waals surface area contributed by atoms with Crippen molar-refractivity contribution in [2.75, 3.05) is 13.2 Å². The van der Waals surface area contributed by atoms with E-state index in [-0.39, 0.29) is 0 Å². The summed E-state index contributed by atoms with van der Waals surface area (Å²) >= 11 is 0.902. The van der Waals surface area contributed by atoms with Crippen LogP contribution in [0.25, 0.3) is 0 Å². The SMILES string of the molecule is O=P1(c2ccccc2)c2ccccc2C[Se]CCOCC[Se]Cc2ccccc21. The van der Waals surface area contributed by atoms with E-state index >= 15 is 4.57 Å². The first kappa shape index (κ1) is 21.1. The van der Waals surface area contributed by atoms with Gasteiger partial charge in [-0.3, -0.25) is 0 Å². The van der Waals surface area contributed by atoms with E-state index in [1.807, 2.05) is 42.5 Å². The van der Waals surface area contributed by atoms with Crippen LogP contribution in [-0.4, -0.2) is 43.1 Å². The number of fused-ring (bicyclic) bond motifs is 2. The van der Waals surface area contributed by atoms with Gasteiger partial charge in [0.25, 0.3) is 0 Å². The number of hydrogen-bond acceptors (Lipinski definition) is 2. The van der Waals surface area contributed by atoms with Crippen LogP contribution in [0, 0.1) is 0 Å². The molecule has 2 nitrogen and oxygen atoms in total. The Morgan fingerprint density at radius 2 is 1.14 bits per heavy atom. The standard InChI is InChI=1S/C24H25O2PSe2/c25-27(22-10-2-1-3-11-22)23-12-6-4-8-20(23)18-28-16-14-26-15-17-29-19-21-9-5-7-13-24(21)27/h1-13H,14-19H2. The van der Waals surface area contributed by atoms with Gasteiger partial charge in [0.15, 0.2) is 0 Å². The molecule has 0 spiro atoms. The summed E-state index contributed by atoms with van der Waals surface area (Å²) in [5.41, 5.74) is 2.47. The monoisotopic (exact) mass is 536 g/mol. The second-order valence-corrected chi connectivity index (χ2v) is 14.3. The van der Waals surface area contributed by atoms with Crippen molar-refractivity contribution in [1.82, 2.24) is 0 Å². The molecule has 0 saturated carbocycles. The van der Waals surface area contributed by atoms with Gasteiger partial charge in [0, 0.05) is 0 Å². The van der Waals surface area contributed by atoms with Gasteiger partial charge in [0.2, 0.25) is 0 Å². The van der Waals surface area contributed by atoms with Crippen LogP contribution in [0.4, 0.5) is 0 Å². The van der Waals surface area contributed by atoms with E-state index in [4.69, 9.17) is 4.74 Å². The molecule has 0 N–H and O–H groups in total. The summed E-state index contributed by atoms with van der Waals surface area (Å²) in [6, 6.07) is 26.9. The minimum atomic E-state index is -2.93. The van der Waals surface area contributed by atoms with E-state index in [1.165, 1.54) is 11.1 Å². The first-order valence-electron chi connectivity index (χ1n) is 9.86. The molecule has 5 heteroatoms. The topological polar surface area (TPSA) is 26.3 Å². The van der Waals surface area contributed by atoms with E-state index in [2.05, 4.69) is 36.4 Å². The summed E-state index contributed by atoms with van der Waals surface area (Å²) in [6.07, 6.45) is 0. The Kier molecular flexibility index (Phi) is 7.48. The summed E-state index contributed by atoms with van der Waals surface area (Å²) in [4.78, 5) is 0. The van der Waals surface area contributed by atoms with Gasteiger partial charge in [-0.05, 0) is 0 Å². The fourth-order valence-corrected chi connectivity index (χ4v) is 10.8. The molecule has 0 bridgehead atoms. The zero-order valence-electron chi connectivity index (χ0n) is 16.3. The molecule has 0 fully saturated rings. The molecule has 1 aliphatic rings. The van der Waals surface area contributed by atoms with Crippen molar-refractivity contribution in [3.8, 4) is 0 Å². The Morgan fingerprint density at radius 3 is 1.69 bits per heavy atom. The van der Waals surface area contributed by atoms with E-state index in [0.717, 1.165) is 50.4 Å². The molecule has 0 aromatic heterocycles. The minimum absolute atomic E-state index is 0.451. The van der Waals surface area contributed by atoms with Gasteiger partial charge in [-0.25, -0.2) is 0 Å². The van der Waals surface area contributed by atoms with Crippen LogP contribution in [0.2, 0.25) is 10.6 Å². The van der Waals surface area contributed by atoms with Crippen LogP contribution in [0.15, 0.2) is 78.9 Å². The third-order valence-electron chi connectivity index (χ3n) is 5.04. The van der Waals surface area contributed by atoms with Gasteiger partial charge < -0.3 is 0 Å². The molecule has 3 aromatic carbocycles. The summed E-state index contributed by atoms with van der Waals surface area (Å²) in [7, 11) is -2.93. The van der Waals surface area contributed by atoms with Gasteiger partial charge in [-0.15, -0.1) is 0 Å². The van der Waals surface area contributed by atoms with Gasteiger partial charge >= 0.3 is 187 Å². The van der Waals surface area contributed by atoms with Gasteiger partial charge in [-0.2, -0.15) is 0 Å². The van der Waals surface area contributed by atoms with E-state index in [9.17, 15) is 0 Å². The molecule has 0 aliphatic carbocycles. The van der Waals surface area contributed by atoms with Crippen LogP contribution < -0.4 is 15.9 Å². The second-order valence-electron chi connectivity index (χ2n) is 6.92. The molecule has 0 unspecified atom stereocenters. The zero-order valence-corrected chi connectivity index (χ0v) is 20.6. The van der Waals surface area contributed by atoms with E-state index in [1.54, 1.807) is 0 Å². The third kappa shape index (κ3) is 4.80. The molecule has 0 atom stereocenters. The van der Waals surface area contributed by atoms with Crippen LogP contribution in [0.1, 0.15) is 11.1 Å². The molecule has 0 amide bonds. The molecule has 1 aliphatic heterocycles.